The summed E-state index contributed by atoms with van der Waals surface area (Å²) in [6.07, 6.45) is 0. The number of rotatable bonds is 3. The van der Waals surface area contributed by atoms with Crippen molar-refractivity contribution in [1.29, 1.82) is 0 Å². The van der Waals surface area contributed by atoms with Gasteiger partial charge in [-0.15, -0.1) is 0 Å². The Morgan fingerprint density at radius 3 is 2.77 bits per heavy atom. The summed E-state index contributed by atoms with van der Waals surface area (Å²) in [6.45, 7) is 2.26. The molecule has 0 fully saturated rings. The monoisotopic (exact) mass is 384 g/mol. The molecule has 2 aromatic rings. The van der Waals surface area contributed by atoms with Gasteiger partial charge >= 0.3 is 29.6 Å². The molecule has 0 spiro atoms. The number of hydrogen-bond acceptors (Lipinski definition) is 8. The maximum absolute atomic E-state index is 11.4. The molecule has 0 bridgehead atoms. The first-order chi connectivity index (χ1) is 9.91. The minimum absolute atomic E-state index is 0. The molecule has 112 valence electrons. The molecule has 22 heavy (non-hydrogen) atoms. The summed E-state index contributed by atoms with van der Waals surface area (Å²) in [5.74, 6) is 0.413. The van der Waals surface area contributed by atoms with Crippen molar-refractivity contribution in [2.45, 2.75) is 18.4 Å². The van der Waals surface area contributed by atoms with Crippen molar-refractivity contribution in [3.8, 4) is 21.9 Å². The van der Waals surface area contributed by atoms with Gasteiger partial charge < -0.3 is 14.0 Å². The maximum atomic E-state index is 11.4. The molecule has 1 aromatic carbocycles. The Morgan fingerprint density at radius 2 is 2.14 bits per heavy atom. The molecule has 0 saturated heterocycles. The fourth-order valence-electron chi connectivity index (χ4n) is 2.06. The zero-order valence-electron chi connectivity index (χ0n) is 11.7. The van der Waals surface area contributed by atoms with Crippen LogP contribution in [0.5, 0.6) is 11.5 Å². The summed E-state index contributed by atoms with van der Waals surface area (Å²) in [4.78, 5) is 0.549. The third-order valence-corrected chi connectivity index (χ3v) is 6.99. The predicted octanol–water partition coefficient (Wildman–Crippen LogP) is 0.405. The summed E-state index contributed by atoms with van der Waals surface area (Å²) >= 11 is 5.24. The number of ether oxygens (including phenoxy) is 2. The fraction of sp³-hybridized carbons (Fsp3) is 0.250. The molecule has 10 heteroatoms. The normalized spacial score (nSPS) is 12.6. The summed E-state index contributed by atoms with van der Waals surface area (Å²) in [5.41, 5.74) is 1.64. The molecule has 0 radical (unpaired) electrons. The van der Waals surface area contributed by atoms with Gasteiger partial charge in [0.1, 0.15) is 36.9 Å². The first-order valence-electron chi connectivity index (χ1n) is 5.93. The summed E-state index contributed by atoms with van der Waals surface area (Å²) in [7, 11) is -1.65. The molecular weight excluding hydrogens is 375 g/mol. The smallest absolute Gasteiger partial charge is 0.744 e. The summed E-state index contributed by atoms with van der Waals surface area (Å²) in [6, 6.07) is 2.78. The van der Waals surface area contributed by atoms with E-state index in [1.165, 1.54) is 26.7 Å². The van der Waals surface area contributed by atoms with Crippen LogP contribution >= 0.6 is 32.9 Å². The van der Waals surface area contributed by atoms with Gasteiger partial charge in [0.25, 0.3) is 0 Å². The van der Waals surface area contributed by atoms with Gasteiger partial charge in [-0.05, 0) is 13.0 Å². The Hall–Kier alpha value is 0.000000000000000222. The number of hydrogen-bond donors (Lipinski definition) is 0. The van der Waals surface area contributed by atoms with Gasteiger partial charge in [0.15, 0.2) is 0 Å². The van der Waals surface area contributed by atoms with Gasteiger partial charge in [0.05, 0.1) is 11.5 Å². The first-order valence-corrected chi connectivity index (χ1v) is 9.90. The van der Waals surface area contributed by atoms with Gasteiger partial charge in [-0.2, -0.15) is 0 Å². The van der Waals surface area contributed by atoms with Gasteiger partial charge in [-0.1, -0.05) is 32.9 Å². The average molecular weight is 384 g/mol. The third-order valence-electron chi connectivity index (χ3n) is 2.95. The van der Waals surface area contributed by atoms with Crippen molar-refractivity contribution in [1.82, 2.24) is 0 Å². The van der Waals surface area contributed by atoms with Crippen LogP contribution < -0.4 is 39.0 Å². The zero-order chi connectivity index (χ0) is 15.2. The average Bonchev–Trinajstić information content (AvgIpc) is 2.79. The molecule has 1 aromatic heterocycles. The van der Waals surface area contributed by atoms with E-state index in [9.17, 15) is 13.0 Å². The zero-order valence-corrected chi connectivity index (χ0v) is 17.0. The second-order valence-corrected chi connectivity index (χ2v) is 8.40. The largest absolute Gasteiger partial charge is 1.00 e. The SMILES string of the molecule is CCOc1cc2c(cc1S(=O)(=O)[O-])OCc1c-2ssc1=S.[Na+]. The molecule has 5 nitrogen and oxygen atoms in total. The van der Waals surface area contributed by atoms with Crippen LogP contribution in [0.3, 0.4) is 0 Å². The van der Waals surface area contributed by atoms with E-state index in [1.807, 2.05) is 0 Å². The molecule has 0 aliphatic carbocycles. The van der Waals surface area contributed by atoms with Crippen LogP contribution in [-0.2, 0) is 16.7 Å². The van der Waals surface area contributed by atoms with Crippen LogP contribution in [0.4, 0.5) is 0 Å². The van der Waals surface area contributed by atoms with E-state index >= 15 is 0 Å². The summed E-state index contributed by atoms with van der Waals surface area (Å²) in [5, 5.41) is 0. The minimum Gasteiger partial charge on any atom is -0.744 e. The molecule has 1 aliphatic rings. The quantitative estimate of drug-likeness (QED) is 0.330. The van der Waals surface area contributed by atoms with Crippen molar-refractivity contribution in [2.24, 2.45) is 0 Å². The van der Waals surface area contributed by atoms with Crippen molar-refractivity contribution in [2.75, 3.05) is 6.61 Å². The molecule has 0 atom stereocenters. The van der Waals surface area contributed by atoms with Crippen LogP contribution in [-0.4, -0.2) is 19.6 Å². The van der Waals surface area contributed by atoms with E-state index in [4.69, 9.17) is 21.7 Å². The van der Waals surface area contributed by atoms with Crippen LogP contribution in [0.1, 0.15) is 12.5 Å². The molecule has 1 aliphatic heterocycles. The summed E-state index contributed by atoms with van der Waals surface area (Å²) < 4.78 is 45.7. The molecule has 0 unspecified atom stereocenters. The van der Waals surface area contributed by atoms with Crippen molar-refractivity contribution in [3.05, 3.63) is 21.5 Å². The van der Waals surface area contributed by atoms with Crippen LogP contribution in [0.25, 0.3) is 10.4 Å². The van der Waals surface area contributed by atoms with Crippen molar-refractivity contribution < 1.29 is 52.0 Å². The van der Waals surface area contributed by atoms with Gasteiger partial charge in [-0.25, -0.2) is 8.42 Å². The second-order valence-electron chi connectivity index (χ2n) is 4.23. The topological polar surface area (TPSA) is 75.7 Å². The Bertz CT molecular complexity index is 868. The standard InChI is InChI=1S/C12H10O5S4.Na/c1-2-16-9-3-6-8(4-10(9)21(13,14)15)17-5-7-11(6)19-20-12(7)18;/h3-4H,2,5H2,1H3,(H,13,14,15);/q;+1/p-1. The van der Waals surface area contributed by atoms with Crippen LogP contribution in [0.2, 0.25) is 0 Å². The van der Waals surface area contributed by atoms with E-state index in [2.05, 4.69) is 0 Å². The van der Waals surface area contributed by atoms with Gasteiger partial charge in [0, 0.05) is 17.2 Å². The van der Waals surface area contributed by atoms with Crippen molar-refractivity contribution >= 4 is 43.0 Å². The Kier molecular flexibility index (Phi) is 5.72. The predicted molar refractivity (Wildman–Crippen MR) is 81.9 cm³/mol. The second kappa shape index (κ2) is 6.86. The van der Waals surface area contributed by atoms with Crippen LogP contribution in [0, 0.1) is 3.82 Å². The molecule has 3 rings (SSSR count). The Morgan fingerprint density at radius 1 is 1.41 bits per heavy atom. The molecule has 0 N–H and O–H groups in total. The molecular formula is C12H9NaO5S4. The fourth-order valence-corrected chi connectivity index (χ4v) is 5.55. The number of benzene rings is 1. The van der Waals surface area contributed by atoms with E-state index in [0.29, 0.717) is 11.3 Å². The maximum Gasteiger partial charge on any atom is 1.00 e. The van der Waals surface area contributed by atoms with Crippen molar-refractivity contribution in [3.63, 3.8) is 0 Å². The van der Waals surface area contributed by atoms with E-state index in [1.54, 1.807) is 13.0 Å². The van der Waals surface area contributed by atoms with Crippen LogP contribution in [0.15, 0.2) is 17.0 Å². The first kappa shape index (κ1) is 18.3. The Balaban J connectivity index is 0.00000176. The third kappa shape index (κ3) is 3.27. The van der Waals surface area contributed by atoms with E-state index in [0.717, 1.165) is 14.3 Å². The number of fused-ring (bicyclic) bond motifs is 3. The molecule has 0 amide bonds. The molecule has 0 saturated carbocycles. The minimum atomic E-state index is -4.63. The Labute approximate surface area is 162 Å². The molecule has 2 heterocycles. The van der Waals surface area contributed by atoms with Gasteiger partial charge in [-0.3, -0.25) is 0 Å². The van der Waals surface area contributed by atoms with E-state index < -0.39 is 15.0 Å². The van der Waals surface area contributed by atoms with Gasteiger partial charge in [0.2, 0.25) is 0 Å². The van der Waals surface area contributed by atoms with E-state index in [-0.39, 0.29) is 48.5 Å².